The number of amides is 1. The van der Waals surface area contributed by atoms with E-state index in [9.17, 15) is 17.6 Å². The van der Waals surface area contributed by atoms with Gasteiger partial charge >= 0.3 is 0 Å². The number of carbonyl (C=O) groups is 1. The first kappa shape index (κ1) is 27.1. The third-order valence-electron chi connectivity index (χ3n) is 6.29. The van der Waals surface area contributed by atoms with E-state index in [2.05, 4.69) is 0 Å². The summed E-state index contributed by atoms with van der Waals surface area (Å²) in [5, 5.41) is 1.98. The molecule has 1 aliphatic rings. The van der Waals surface area contributed by atoms with E-state index in [1.54, 1.807) is 61.3 Å². The summed E-state index contributed by atoms with van der Waals surface area (Å²) in [4.78, 5) is 16.7. The molecule has 4 rings (SSSR count). The quantitative estimate of drug-likeness (QED) is 0.402. The largest absolute Gasteiger partial charge is 0.497 e. The predicted molar refractivity (Wildman–Crippen MR) is 141 cm³/mol. The molecule has 0 saturated carbocycles. The van der Waals surface area contributed by atoms with Gasteiger partial charge in [-0.3, -0.25) is 4.79 Å². The van der Waals surface area contributed by atoms with Crippen LogP contribution in [0.25, 0.3) is 0 Å². The number of hydrogen-bond donors (Lipinski definition) is 0. The molecule has 1 unspecified atom stereocenters. The number of ether oxygens (including phenoxy) is 2. The monoisotopic (exact) mass is 546 g/mol. The lowest BCUT2D eigenvalue weighted by atomic mass is 10.00. The second-order valence-corrected chi connectivity index (χ2v) is 12.6. The predicted octanol–water partition coefficient (Wildman–Crippen LogP) is 4.89. The Balaban J connectivity index is 1.60. The number of rotatable bonds is 8. The fourth-order valence-corrected chi connectivity index (χ4v) is 7.04. The van der Waals surface area contributed by atoms with Crippen LogP contribution in [-0.4, -0.2) is 55.9 Å². The number of carbonyl (C=O) groups excluding carboxylic acids is 1. The Bertz CT molecular complexity index is 1350. The van der Waals surface area contributed by atoms with Crippen LogP contribution in [0.1, 0.15) is 37.3 Å². The van der Waals surface area contributed by atoms with E-state index in [-0.39, 0.29) is 24.0 Å². The van der Waals surface area contributed by atoms with Crippen LogP contribution in [0.4, 0.5) is 4.39 Å². The highest BCUT2D eigenvalue weighted by Crippen LogP contribution is 2.35. The van der Waals surface area contributed by atoms with E-state index >= 15 is 0 Å². The Morgan fingerprint density at radius 2 is 1.86 bits per heavy atom. The van der Waals surface area contributed by atoms with Gasteiger partial charge in [0.2, 0.25) is 15.9 Å². The number of thiophene rings is 1. The first-order valence-electron chi connectivity index (χ1n) is 11.9. The number of sulfonamides is 1. The van der Waals surface area contributed by atoms with Crippen molar-refractivity contribution in [2.45, 2.75) is 43.7 Å². The molecular formula is C27H31FN2O5S2. The van der Waals surface area contributed by atoms with Gasteiger partial charge in [0.1, 0.15) is 23.9 Å². The molecular weight excluding hydrogens is 515 g/mol. The fourth-order valence-electron chi connectivity index (χ4n) is 4.38. The van der Waals surface area contributed by atoms with Gasteiger partial charge in [-0.2, -0.15) is 4.31 Å². The molecule has 10 heteroatoms. The number of benzene rings is 2. The molecule has 1 aromatic heterocycles. The van der Waals surface area contributed by atoms with Crippen LogP contribution in [-0.2, 0) is 21.2 Å². The molecule has 0 radical (unpaired) electrons. The van der Waals surface area contributed by atoms with Crippen molar-refractivity contribution < 1.29 is 27.1 Å². The van der Waals surface area contributed by atoms with Gasteiger partial charge < -0.3 is 14.4 Å². The molecule has 0 spiro atoms. The van der Waals surface area contributed by atoms with Gasteiger partial charge in [-0.05, 0) is 80.6 Å². The Morgan fingerprint density at radius 3 is 2.51 bits per heavy atom. The standard InChI is InChI=1S/C27H31FN2O5S2/c1-27(2,3)30(37(32,33)22-10-8-20(34-4)9-11-22)17-26(31)29-14-12-25-23(13-15-36-25)24(29)18-35-21-7-5-6-19(28)16-21/h5-11,13,15-16,24H,12,14,17-18H2,1-4H3. The van der Waals surface area contributed by atoms with E-state index in [0.29, 0.717) is 24.5 Å². The van der Waals surface area contributed by atoms with Crippen LogP contribution in [0, 0.1) is 5.82 Å². The van der Waals surface area contributed by atoms with Crippen LogP contribution in [0.2, 0.25) is 0 Å². The highest BCUT2D eigenvalue weighted by molar-refractivity contribution is 7.89. The highest BCUT2D eigenvalue weighted by atomic mass is 32.2. The minimum Gasteiger partial charge on any atom is -0.497 e. The van der Waals surface area contributed by atoms with Crippen LogP contribution in [0.5, 0.6) is 11.5 Å². The highest BCUT2D eigenvalue weighted by Gasteiger charge is 2.39. The summed E-state index contributed by atoms with van der Waals surface area (Å²) in [6.07, 6.45) is 0.677. The molecule has 0 N–H and O–H groups in total. The molecule has 2 aromatic carbocycles. The first-order valence-corrected chi connectivity index (χ1v) is 14.2. The van der Waals surface area contributed by atoms with Gasteiger partial charge in [0, 0.05) is 23.0 Å². The summed E-state index contributed by atoms with van der Waals surface area (Å²) in [5.74, 6) is 0.179. The average molecular weight is 547 g/mol. The molecule has 3 aromatic rings. The van der Waals surface area contributed by atoms with Gasteiger partial charge in [0.25, 0.3) is 0 Å². The number of halogens is 1. The molecule has 0 bridgehead atoms. The first-order chi connectivity index (χ1) is 17.5. The zero-order chi connectivity index (χ0) is 26.8. The molecule has 0 saturated heterocycles. The third-order valence-corrected chi connectivity index (χ3v) is 9.42. The van der Waals surface area contributed by atoms with Crippen LogP contribution in [0.3, 0.4) is 0 Å². The lowest BCUT2D eigenvalue weighted by Gasteiger charge is -2.39. The maximum absolute atomic E-state index is 13.7. The van der Waals surface area contributed by atoms with Gasteiger partial charge in [-0.1, -0.05) is 6.07 Å². The van der Waals surface area contributed by atoms with Crippen molar-refractivity contribution in [1.82, 2.24) is 9.21 Å². The average Bonchev–Trinajstić information content (AvgIpc) is 3.34. The van der Waals surface area contributed by atoms with Crippen molar-refractivity contribution in [1.29, 1.82) is 0 Å². The lowest BCUT2D eigenvalue weighted by molar-refractivity contribution is -0.135. The van der Waals surface area contributed by atoms with Crippen molar-refractivity contribution in [2.24, 2.45) is 0 Å². The summed E-state index contributed by atoms with van der Waals surface area (Å²) in [7, 11) is -2.48. The molecule has 1 aliphatic heterocycles. The molecule has 2 heterocycles. The number of nitrogens with zero attached hydrogens (tertiary/aromatic N) is 2. The van der Waals surface area contributed by atoms with Crippen molar-refractivity contribution >= 4 is 27.3 Å². The van der Waals surface area contributed by atoms with E-state index in [1.807, 2.05) is 11.4 Å². The third kappa shape index (κ3) is 5.97. The van der Waals surface area contributed by atoms with E-state index in [0.717, 1.165) is 10.4 Å². The van der Waals surface area contributed by atoms with Gasteiger partial charge in [0.15, 0.2) is 0 Å². The second kappa shape index (κ2) is 10.8. The van der Waals surface area contributed by atoms with Crippen molar-refractivity contribution in [2.75, 3.05) is 26.8 Å². The van der Waals surface area contributed by atoms with Crippen molar-refractivity contribution in [3.8, 4) is 11.5 Å². The Kier molecular flexibility index (Phi) is 7.91. The Hall–Kier alpha value is -2.95. The van der Waals surface area contributed by atoms with Crippen LogP contribution < -0.4 is 9.47 Å². The normalized spacial score (nSPS) is 15.9. The summed E-state index contributed by atoms with van der Waals surface area (Å²) < 4.78 is 53.2. The smallest absolute Gasteiger partial charge is 0.244 e. The summed E-state index contributed by atoms with van der Waals surface area (Å²) in [6.45, 7) is 5.52. The van der Waals surface area contributed by atoms with E-state index in [1.165, 1.54) is 35.7 Å². The van der Waals surface area contributed by atoms with Gasteiger partial charge in [-0.25, -0.2) is 12.8 Å². The number of fused-ring (bicyclic) bond motifs is 1. The Labute approximate surface area is 221 Å². The van der Waals surface area contributed by atoms with E-state index in [4.69, 9.17) is 9.47 Å². The van der Waals surface area contributed by atoms with Crippen LogP contribution >= 0.6 is 11.3 Å². The molecule has 0 aliphatic carbocycles. The summed E-state index contributed by atoms with van der Waals surface area (Å²) >= 11 is 1.62. The minimum atomic E-state index is -3.99. The molecule has 198 valence electrons. The van der Waals surface area contributed by atoms with Gasteiger partial charge in [0.05, 0.1) is 24.6 Å². The Morgan fingerprint density at radius 1 is 1.14 bits per heavy atom. The zero-order valence-corrected chi connectivity index (χ0v) is 22.9. The van der Waals surface area contributed by atoms with Crippen molar-refractivity contribution in [3.63, 3.8) is 0 Å². The maximum Gasteiger partial charge on any atom is 0.244 e. The van der Waals surface area contributed by atoms with E-state index < -0.39 is 27.4 Å². The minimum absolute atomic E-state index is 0.0841. The number of hydrogen-bond acceptors (Lipinski definition) is 6. The molecule has 37 heavy (non-hydrogen) atoms. The zero-order valence-electron chi connectivity index (χ0n) is 21.3. The maximum atomic E-state index is 13.7. The summed E-state index contributed by atoms with van der Waals surface area (Å²) in [5.41, 5.74) is 0.118. The molecule has 7 nitrogen and oxygen atoms in total. The second-order valence-electron chi connectivity index (χ2n) is 9.78. The van der Waals surface area contributed by atoms with Crippen molar-refractivity contribution in [3.05, 3.63) is 76.2 Å². The fraction of sp³-hybridized carbons (Fsp3) is 0.370. The molecule has 1 amide bonds. The SMILES string of the molecule is COc1ccc(S(=O)(=O)N(CC(=O)N2CCc3sccc3C2COc2cccc(F)c2)C(C)(C)C)cc1. The number of methoxy groups -OCH3 is 1. The lowest BCUT2D eigenvalue weighted by Crippen LogP contribution is -2.52. The molecule has 1 atom stereocenters. The van der Waals surface area contributed by atoms with Crippen LogP contribution in [0.15, 0.2) is 64.9 Å². The van der Waals surface area contributed by atoms with Gasteiger partial charge in [-0.15, -0.1) is 11.3 Å². The summed E-state index contributed by atoms with van der Waals surface area (Å²) in [6, 6.07) is 13.5. The topological polar surface area (TPSA) is 76.2 Å². The molecule has 0 fully saturated rings.